The summed E-state index contributed by atoms with van der Waals surface area (Å²) in [6, 6.07) is -0.537. The third-order valence-corrected chi connectivity index (χ3v) is 6.48. The van der Waals surface area contributed by atoms with Crippen molar-refractivity contribution in [3.63, 3.8) is 0 Å². The molecule has 0 aromatic carbocycles. The van der Waals surface area contributed by atoms with Crippen molar-refractivity contribution >= 4 is 29.5 Å². The summed E-state index contributed by atoms with van der Waals surface area (Å²) in [5.74, 6) is 0.114. The van der Waals surface area contributed by atoms with E-state index in [2.05, 4.69) is 15.7 Å². The van der Waals surface area contributed by atoms with Gasteiger partial charge in [0.15, 0.2) is 5.66 Å². The Bertz CT molecular complexity index is 810. The van der Waals surface area contributed by atoms with E-state index in [4.69, 9.17) is 4.42 Å². The first-order chi connectivity index (χ1) is 14.7. The van der Waals surface area contributed by atoms with Gasteiger partial charge in [-0.15, -0.1) is 0 Å². The summed E-state index contributed by atoms with van der Waals surface area (Å²) in [5.41, 5.74) is -0.801. The van der Waals surface area contributed by atoms with Crippen molar-refractivity contribution in [1.29, 1.82) is 0 Å². The highest BCUT2D eigenvalue weighted by Gasteiger charge is 2.45. The van der Waals surface area contributed by atoms with Gasteiger partial charge in [-0.05, 0) is 47.8 Å². The summed E-state index contributed by atoms with van der Waals surface area (Å²) in [6.07, 6.45) is 7.04. The molecule has 8 nitrogen and oxygen atoms in total. The summed E-state index contributed by atoms with van der Waals surface area (Å²) in [5, 5.41) is 10.9. The monoisotopic (exact) mass is 451 g/mol. The zero-order valence-electron chi connectivity index (χ0n) is 19.0. The first kappa shape index (κ1) is 23.8. The maximum Gasteiger partial charge on any atom is 0.522 e. The Morgan fingerprint density at radius 2 is 1.81 bits per heavy atom. The van der Waals surface area contributed by atoms with Crippen LogP contribution >= 0.6 is 11.8 Å². The van der Waals surface area contributed by atoms with E-state index in [1.807, 2.05) is 27.7 Å². The zero-order valence-corrected chi connectivity index (χ0v) is 19.8. The molecule has 2 aliphatic rings. The molecule has 0 aliphatic heterocycles. The second-order valence-corrected chi connectivity index (χ2v) is 11.0. The summed E-state index contributed by atoms with van der Waals surface area (Å²) in [7, 11) is 0. The van der Waals surface area contributed by atoms with Crippen LogP contribution in [0.2, 0.25) is 0 Å². The molecule has 1 aromatic rings. The van der Waals surface area contributed by atoms with Crippen molar-refractivity contribution in [2.24, 2.45) is 11.8 Å². The van der Waals surface area contributed by atoms with Crippen molar-refractivity contribution in [3.05, 3.63) is 5.89 Å². The third kappa shape index (κ3) is 6.54. The van der Waals surface area contributed by atoms with Crippen LogP contribution in [-0.2, 0) is 4.79 Å². The molecule has 0 unspecified atom stereocenters. The normalized spacial score (nSPS) is 18.3. The highest BCUT2D eigenvalue weighted by atomic mass is 32.2. The Balaban J connectivity index is 1.82. The van der Waals surface area contributed by atoms with E-state index in [1.165, 1.54) is 11.8 Å². The van der Waals surface area contributed by atoms with Gasteiger partial charge < -0.3 is 9.73 Å². The van der Waals surface area contributed by atoms with E-state index >= 15 is 0 Å². The van der Waals surface area contributed by atoms with Crippen LogP contribution in [0.25, 0.3) is 0 Å². The lowest BCUT2D eigenvalue weighted by atomic mass is 9.88. The topological polar surface area (TPSA) is 105 Å². The Morgan fingerprint density at radius 1 is 1.13 bits per heavy atom. The summed E-state index contributed by atoms with van der Waals surface area (Å²) < 4.78 is 6.76. The summed E-state index contributed by atoms with van der Waals surface area (Å²) >= 11 is 1.36. The van der Waals surface area contributed by atoms with Crippen LogP contribution in [0.5, 0.6) is 0 Å². The Morgan fingerprint density at radius 3 is 2.39 bits per heavy atom. The molecule has 0 spiro atoms. The standard InChI is InChI=1S/C22H34N4O4S/c1-14(2)8-11-17(27)19-26(25-21(30-19)31-15(3)4)20(29)24-22(12-6-5-7-13-22)23-18(28)16-9-10-16/h14-16H,5-13H2,1-4H3,(H-,23,24,28,29)/p+1. The molecule has 3 rings (SSSR count). The molecule has 2 amide bonds. The second kappa shape index (κ2) is 10.1. The van der Waals surface area contributed by atoms with Crippen LogP contribution in [0.3, 0.4) is 0 Å². The van der Waals surface area contributed by atoms with Crippen LogP contribution in [0.15, 0.2) is 9.64 Å². The molecule has 2 saturated carbocycles. The van der Waals surface area contributed by atoms with Crippen molar-refractivity contribution in [3.8, 4) is 0 Å². The molecular formula is C22H35N4O4S+. The second-order valence-electron chi connectivity index (χ2n) is 9.44. The fraction of sp³-hybridized carbons (Fsp3) is 0.773. The number of carbonyl (C=O) groups excluding carboxylic acids is 3. The number of amides is 2. The lowest BCUT2D eigenvalue weighted by Gasteiger charge is -2.34. The van der Waals surface area contributed by atoms with Crippen LogP contribution in [0.1, 0.15) is 96.2 Å². The van der Waals surface area contributed by atoms with Crippen LogP contribution < -0.4 is 15.3 Å². The molecule has 1 heterocycles. The van der Waals surface area contributed by atoms with Gasteiger partial charge in [-0.2, -0.15) is 4.79 Å². The minimum atomic E-state index is -0.801. The maximum absolute atomic E-state index is 13.3. The quantitative estimate of drug-likeness (QED) is 0.256. The van der Waals surface area contributed by atoms with Crippen LogP contribution in [0, 0.1) is 11.8 Å². The van der Waals surface area contributed by atoms with E-state index in [9.17, 15) is 14.4 Å². The molecule has 31 heavy (non-hydrogen) atoms. The van der Waals surface area contributed by atoms with E-state index in [-0.39, 0.29) is 40.4 Å². The van der Waals surface area contributed by atoms with Gasteiger partial charge in [0.2, 0.25) is 11.7 Å². The van der Waals surface area contributed by atoms with Gasteiger partial charge in [0.1, 0.15) is 0 Å². The average molecular weight is 452 g/mol. The van der Waals surface area contributed by atoms with E-state index in [1.54, 1.807) is 0 Å². The smallest absolute Gasteiger partial charge is 0.390 e. The van der Waals surface area contributed by atoms with Crippen LogP contribution in [0.4, 0.5) is 4.79 Å². The molecule has 2 fully saturated rings. The first-order valence-electron chi connectivity index (χ1n) is 11.5. The van der Waals surface area contributed by atoms with Gasteiger partial charge in [0.05, 0.1) is 0 Å². The van der Waals surface area contributed by atoms with Gasteiger partial charge in [0.25, 0.3) is 5.22 Å². The third-order valence-electron chi connectivity index (χ3n) is 5.64. The number of hydrogen-bond acceptors (Lipinski definition) is 6. The van der Waals surface area contributed by atoms with E-state index < -0.39 is 11.7 Å². The number of rotatable bonds is 9. The Hall–Kier alpha value is -1.90. The summed E-state index contributed by atoms with van der Waals surface area (Å²) in [6.45, 7) is 8.07. The van der Waals surface area contributed by atoms with Gasteiger partial charge in [-0.1, -0.05) is 45.9 Å². The fourth-order valence-corrected chi connectivity index (χ4v) is 4.40. The fourth-order valence-electron chi connectivity index (χ4n) is 3.74. The molecule has 1 aromatic heterocycles. The molecule has 2 aliphatic carbocycles. The highest BCUT2D eigenvalue weighted by Crippen LogP contribution is 2.32. The predicted molar refractivity (Wildman–Crippen MR) is 117 cm³/mol. The minimum absolute atomic E-state index is 0.00311. The zero-order chi connectivity index (χ0) is 22.6. The molecule has 0 radical (unpaired) electrons. The Kier molecular flexibility index (Phi) is 7.78. The largest absolute Gasteiger partial charge is 0.522 e. The van der Waals surface area contributed by atoms with E-state index in [0.717, 1.165) is 36.8 Å². The SMILES string of the molecule is CC(C)CCC(=O)c1oc(SC(C)C)n[n+]1C(=O)NC1(NC(=O)C2CC2)CCCCC1. The Labute approximate surface area is 188 Å². The van der Waals surface area contributed by atoms with Gasteiger partial charge in [-0.3, -0.25) is 9.59 Å². The predicted octanol–water partition coefficient (Wildman–Crippen LogP) is 3.83. The number of nitrogens with zero attached hydrogens (tertiary/aromatic N) is 2. The van der Waals surface area contributed by atoms with Crippen molar-refractivity contribution in [2.75, 3.05) is 0 Å². The molecule has 0 atom stereocenters. The summed E-state index contributed by atoms with van der Waals surface area (Å²) in [4.78, 5) is 38.6. The number of carbonyl (C=O) groups is 3. The average Bonchev–Trinajstić information content (AvgIpc) is 3.47. The lowest BCUT2D eigenvalue weighted by molar-refractivity contribution is -0.641. The number of Topliss-reactive ketones (excluding diaryl/α,β-unsaturated/α-hetero) is 1. The van der Waals surface area contributed by atoms with E-state index in [0.29, 0.717) is 25.2 Å². The van der Waals surface area contributed by atoms with Gasteiger partial charge >= 0.3 is 11.9 Å². The lowest BCUT2D eigenvalue weighted by Crippen LogP contribution is -2.68. The van der Waals surface area contributed by atoms with Gasteiger partial charge in [-0.25, -0.2) is 5.32 Å². The van der Waals surface area contributed by atoms with Crippen molar-refractivity contribution in [2.45, 2.75) is 102 Å². The maximum atomic E-state index is 13.3. The number of hydrogen-bond donors (Lipinski definition) is 2. The number of nitrogens with one attached hydrogen (secondary N) is 2. The highest BCUT2D eigenvalue weighted by molar-refractivity contribution is 7.99. The number of aromatic nitrogens is 2. The molecule has 172 valence electrons. The first-order valence-corrected chi connectivity index (χ1v) is 12.3. The van der Waals surface area contributed by atoms with Crippen molar-refractivity contribution in [1.82, 2.24) is 15.7 Å². The molecule has 9 heteroatoms. The molecule has 2 N–H and O–H groups in total. The van der Waals surface area contributed by atoms with Crippen molar-refractivity contribution < 1.29 is 23.5 Å². The van der Waals surface area contributed by atoms with Crippen LogP contribution in [-0.4, -0.2) is 33.7 Å². The van der Waals surface area contributed by atoms with Gasteiger partial charge in [0, 0.05) is 30.4 Å². The molecule has 0 saturated heterocycles. The molecule has 0 bridgehead atoms. The number of ketones is 1. The molecular weight excluding hydrogens is 416 g/mol. The number of thioether (sulfide) groups is 1. The minimum Gasteiger partial charge on any atom is -0.390 e.